The second kappa shape index (κ2) is 20.1. The molecule has 1 aliphatic carbocycles. The Labute approximate surface area is 515 Å². The van der Waals surface area contributed by atoms with Crippen LogP contribution in [0.2, 0.25) is 0 Å². The van der Waals surface area contributed by atoms with E-state index < -0.39 is 0 Å². The van der Waals surface area contributed by atoms with Crippen molar-refractivity contribution in [2.45, 2.75) is 19.3 Å². The van der Waals surface area contributed by atoms with Gasteiger partial charge in [-0.05, 0) is 192 Å². The monoisotopic (exact) mass is 1260 g/mol. The van der Waals surface area contributed by atoms with E-state index in [1.165, 1.54) is 126 Å². The molecule has 0 saturated heterocycles. The quantitative estimate of drug-likeness (QED) is 0.0749. The Morgan fingerprint density at radius 3 is 1.40 bits per heavy atom. The molecular formula is C74H47Br3MgO4. The van der Waals surface area contributed by atoms with E-state index in [2.05, 4.69) is 228 Å². The first-order valence-electron chi connectivity index (χ1n) is 26.6. The molecule has 0 atom stereocenters. The van der Waals surface area contributed by atoms with Crippen LogP contribution in [0.25, 0.3) is 152 Å². The number of carbonyl (C=O) groups is 1. The van der Waals surface area contributed by atoms with Crippen molar-refractivity contribution in [2.24, 2.45) is 0 Å². The minimum atomic E-state index is -0.370. The molecule has 14 aromatic carbocycles. The normalized spacial score (nSPS) is 12.5. The first-order valence-corrected chi connectivity index (χ1v) is 28.2. The Bertz CT molecular complexity index is 5400. The van der Waals surface area contributed by atoms with Gasteiger partial charge < -0.3 is 38.0 Å². The van der Waals surface area contributed by atoms with Gasteiger partial charge in [-0.3, -0.25) is 0 Å². The van der Waals surface area contributed by atoms with Crippen molar-refractivity contribution in [3.8, 4) is 22.3 Å². The summed E-state index contributed by atoms with van der Waals surface area (Å²) in [6, 6.07) is 75.9. The molecule has 390 valence electrons. The number of benzene rings is 14. The maximum Gasteiger partial charge on any atom is 2.00 e. The average molecular weight is 1260 g/mol. The van der Waals surface area contributed by atoms with Crippen LogP contribution in [0, 0.1) is 7.43 Å². The van der Waals surface area contributed by atoms with Gasteiger partial charge in [-0.2, -0.15) is 0 Å². The third-order valence-corrected chi connectivity index (χ3v) is 18.1. The fourth-order valence-electron chi connectivity index (χ4n) is 13.4. The Morgan fingerprint density at radius 1 is 0.390 bits per heavy atom. The Hall–Kier alpha value is -7.56. The molecule has 16 aromatic rings. The van der Waals surface area contributed by atoms with E-state index >= 15 is 0 Å². The predicted octanol–water partition coefficient (Wildman–Crippen LogP) is 18.8. The van der Waals surface area contributed by atoms with Gasteiger partial charge in [-0.25, -0.2) is 4.79 Å². The minimum Gasteiger partial charge on any atom is -1.00 e. The predicted molar refractivity (Wildman–Crippen MR) is 349 cm³/mol. The van der Waals surface area contributed by atoms with Crippen molar-refractivity contribution in [1.29, 1.82) is 0 Å². The molecule has 0 bridgehead atoms. The SMILES string of the molecule is CC1(C)c2cc(Br)ccc2-c2cc3c(cc21)oc1cc2c(cc13)c1ccccc1c1ccc3ccccc3c12.COC(=O)c1cc(Br)ccc1-c1ccc2oc3cc4c(cc3c2c1)c1ccccc1c1ccc2ccccc2c14.[Br-].[CH3-].[Mg+2]. The summed E-state index contributed by atoms with van der Waals surface area (Å²) in [6.07, 6.45) is 0. The number of ether oxygens (including phenoxy) is 1. The van der Waals surface area contributed by atoms with E-state index in [4.69, 9.17) is 13.6 Å². The second-order valence-electron chi connectivity index (χ2n) is 21.6. The zero-order valence-corrected chi connectivity index (χ0v) is 51.4. The summed E-state index contributed by atoms with van der Waals surface area (Å²) in [7, 11) is 1.40. The van der Waals surface area contributed by atoms with Gasteiger partial charge in [0.2, 0.25) is 0 Å². The molecule has 2 aromatic heterocycles. The average Bonchev–Trinajstić information content (AvgIpc) is 4.26. The van der Waals surface area contributed by atoms with Crippen LogP contribution in [0.15, 0.2) is 230 Å². The zero-order chi connectivity index (χ0) is 53.0. The summed E-state index contributed by atoms with van der Waals surface area (Å²) < 4.78 is 20.1. The number of esters is 1. The first-order chi connectivity index (χ1) is 38.6. The van der Waals surface area contributed by atoms with Gasteiger partial charge in [0.05, 0.1) is 12.7 Å². The molecule has 0 spiro atoms. The van der Waals surface area contributed by atoms with Gasteiger partial charge in [0.25, 0.3) is 0 Å². The molecule has 0 radical (unpaired) electrons. The van der Waals surface area contributed by atoms with Gasteiger partial charge in [-0.1, -0.05) is 185 Å². The molecule has 2 heterocycles. The minimum absolute atomic E-state index is 0. The Balaban J connectivity index is 0.000000149. The number of hydrogen-bond acceptors (Lipinski definition) is 4. The second-order valence-corrected chi connectivity index (χ2v) is 23.4. The molecule has 0 amide bonds. The molecule has 17 rings (SSSR count). The number of fused-ring (bicyclic) bond motifs is 25. The molecule has 0 unspecified atom stereocenters. The van der Waals surface area contributed by atoms with Crippen molar-refractivity contribution in [3.63, 3.8) is 0 Å². The van der Waals surface area contributed by atoms with Crippen molar-refractivity contribution in [1.82, 2.24) is 0 Å². The van der Waals surface area contributed by atoms with Crippen LogP contribution in [0.5, 0.6) is 0 Å². The smallest absolute Gasteiger partial charge is 1.00 e. The number of furan rings is 2. The number of carbonyl (C=O) groups excluding carboxylic acids is 1. The van der Waals surface area contributed by atoms with Gasteiger partial charge in [-0.15, -0.1) is 0 Å². The number of halogens is 3. The number of rotatable bonds is 2. The van der Waals surface area contributed by atoms with Crippen LogP contribution in [0.1, 0.15) is 35.3 Å². The Kier molecular flexibility index (Phi) is 13.2. The number of methoxy groups -OCH3 is 1. The van der Waals surface area contributed by atoms with Crippen LogP contribution >= 0.6 is 31.9 Å². The summed E-state index contributed by atoms with van der Waals surface area (Å²) in [5.41, 5.74) is 11.0. The fraction of sp³-hybridized carbons (Fsp3) is 0.0541. The van der Waals surface area contributed by atoms with Crippen LogP contribution in [0.4, 0.5) is 0 Å². The van der Waals surface area contributed by atoms with Crippen molar-refractivity contribution < 1.29 is 35.3 Å². The summed E-state index contributed by atoms with van der Waals surface area (Å²) in [5, 5.41) is 24.4. The summed E-state index contributed by atoms with van der Waals surface area (Å²) in [6.45, 7) is 4.63. The standard InChI is InChI=1S/C37H23BrO.C36H21BrO3.CH3.BrH.Mg/c1-37(2)32-15-21(38)12-14-25(32)28-17-30-29-16-27-24-10-6-5-9-23(24)26-13-11-20-7-3-4-8-22(20)36(26)31(27)18-34(29)39-35(30)19-33(28)37;1-39-36(38)32-17-22(37)12-14-23(32)21-11-15-33-29(16-21)30-18-28-26-9-5-4-8-25(26)27-13-10-20-6-2-3-7-24(20)35(27)31(28)19-34(30)40-33;;;/h3-19H,1-2H3;2-19H,1H3;1H3;1H;/q;;-1;;+2/p-1. The molecule has 0 fully saturated rings. The summed E-state index contributed by atoms with van der Waals surface area (Å²) in [4.78, 5) is 12.6. The maximum atomic E-state index is 12.6. The van der Waals surface area contributed by atoms with Gasteiger partial charge in [0, 0.05) is 35.9 Å². The molecule has 8 heteroatoms. The first kappa shape index (κ1) is 53.7. The van der Waals surface area contributed by atoms with Gasteiger partial charge >= 0.3 is 29.0 Å². The van der Waals surface area contributed by atoms with Gasteiger partial charge in [0.15, 0.2) is 0 Å². The van der Waals surface area contributed by atoms with Crippen LogP contribution in [-0.4, -0.2) is 36.1 Å². The van der Waals surface area contributed by atoms with Gasteiger partial charge in [0.1, 0.15) is 22.3 Å². The van der Waals surface area contributed by atoms with E-state index in [1.807, 2.05) is 24.3 Å². The third kappa shape index (κ3) is 7.96. The third-order valence-electron chi connectivity index (χ3n) is 17.1. The van der Waals surface area contributed by atoms with E-state index in [1.54, 1.807) is 6.07 Å². The molecule has 0 saturated carbocycles. The van der Waals surface area contributed by atoms with E-state index in [9.17, 15) is 4.79 Å². The topological polar surface area (TPSA) is 52.6 Å². The van der Waals surface area contributed by atoms with E-state index in [0.717, 1.165) is 53.2 Å². The molecule has 82 heavy (non-hydrogen) atoms. The molecule has 0 aliphatic heterocycles. The van der Waals surface area contributed by atoms with Crippen molar-refractivity contribution in [2.75, 3.05) is 7.11 Å². The van der Waals surface area contributed by atoms with Crippen molar-refractivity contribution in [3.05, 3.63) is 245 Å². The molecular weight excluding hydrogens is 1220 g/mol. The summed E-state index contributed by atoms with van der Waals surface area (Å²) in [5.74, 6) is -0.370. The summed E-state index contributed by atoms with van der Waals surface area (Å²) >= 11 is 7.17. The fourth-order valence-corrected chi connectivity index (χ4v) is 14.1. The maximum absolute atomic E-state index is 12.6. The van der Waals surface area contributed by atoms with Crippen molar-refractivity contribution >= 4 is 191 Å². The zero-order valence-electron chi connectivity index (χ0n) is 45.2. The largest absolute Gasteiger partial charge is 2.00 e. The molecule has 0 N–H and O–H groups in total. The Morgan fingerprint density at radius 2 is 0.841 bits per heavy atom. The van der Waals surface area contributed by atoms with Crippen LogP contribution in [0.3, 0.4) is 0 Å². The van der Waals surface area contributed by atoms with Crippen LogP contribution < -0.4 is 17.0 Å². The van der Waals surface area contributed by atoms with E-state index in [-0.39, 0.29) is 58.8 Å². The molecule has 4 nitrogen and oxygen atoms in total. The van der Waals surface area contributed by atoms with Crippen LogP contribution in [-0.2, 0) is 10.2 Å². The molecule has 1 aliphatic rings. The van der Waals surface area contributed by atoms with E-state index in [0.29, 0.717) is 5.56 Å². The number of hydrogen-bond donors (Lipinski definition) is 0.